The standard InChI is InChI=1S/C28H44N4O3/c1-4-13-32(26(22-9-11-29-12-10-22)28(34)31-14-16-35-17-15-31)25-8-6-21-5-7-24(18-23(21)19-25)30-27(33)20(2)3/h5,7,18,20,22,25-26,29H,4,6,8-17,19H2,1-3H3,(H,30,33). The number of hydrogen-bond donors (Lipinski definition) is 2. The Morgan fingerprint density at radius 1 is 1.14 bits per heavy atom. The van der Waals surface area contributed by atoms with Crippen molar-refractivity contribution in [3.8, 4) is 0 Å². The van der Waals surface area contributed by atoms with Crippen LogP contribution in [0.15, 0.2) is 18.2 Å². The number of hydrogen-bond acceptors (Lipinski definition) is 5. The number of ether oxygens (including phenoxy) is 1. The number of morpholine rings is 1. The van der Waals surface area contributed by atoms with E-state index in [1.165, 1.54) is 11.1 Å². The number of piperidine rings is 1. The third kappa shape index (κ3) is 6.43. The van der Waals surface area contributed by atoms with E-state index in [2.05, 4.69) is 39.5 Å². The van der Waals surface area contributed by atoms with Crippen molar-refractivity contribution in [1.82, 2.24) is 15.1 Å². The second-order valence-corrected chi connectivity index (χ2v) is 10.7. The van der Waals surface area contributed by atoms with Gasteiger partial charge in [0, 0.05) is 30.7 Å². The van der Waals surface area contributed by atoms with Crippen molar-refractivity contribution in [2.24, 2.45) is 11.8 Å². The highest BCUT2D eigenvalue weighted by Crippen LogP contribution is 2.32. The molecule has 2 atom stereocenters. The second kappa shape index (κ2) is 12.3. The molecule has 194 valence electrons. The van der Waals surface area contributed by atoms with E-state index in [9.17, 15) is 9.59 Å². The van der Waals surface area contributed by atoms with Crippen LogP contribution in [0, 0.1) is 11.8 Å². The fourth-order valence-electron chi connectivity index (χ4n) is 5.94. The molecular formula is C28H44N4O3. The molecule has 7 heteroatoms. The molecular weight excluding hydrogens is 440 g/mol. The lowest BCUT2D eigenvalue weighted by atomic mass is 9.83. The summed E-state index contributed by atoms with van der Waals surface area (Å²) in [7, 11) is 0. The van der Waals surface area contributed by atoms with Crippen LogP contribution in [0.5, 0.6) is 0 Å². The Balaban J connectivity index is 1.57. The van der Waals surface area contributed by atoms with Crippen LogP contribution >= 0.6 is 0 Å². The maximum absolute atomic E-state index is 14.0. The molecule has 1 aliphatic carbocycles. The molecule has 7 nitrogen and oxygen atoms in total. The summed E-state index contributed by atoms with van der Waals surface area (Å²) in [6.07, 6.45) is 6.15. The van der Waals surface area contributed by atoms with Gasteiger partial charge in [-0.1, -0.05) is 26.8 Å². The Morgan fingerprint density at radius 2 is 1.89 bits per heavy atom. The summed E-state index contributed by atoms with van der Waals surface area (Å²) in [5.74, 6) is 0.691. The van der Waals surface area contributed by atoms with Crippen LogP contribution in [-0.4, -0.2) is 79.6 Å². The SMILES string of the molecule is CCCN(C1CCc2ccc(NC(=O)C(C)C)cc2C1)C(C(=O)N1CCOCC1)C1CCNCC1. The summed E-state index contributed by atoms with van der Waals surface area (Å²) < 4.78 is 5.54. The first-order chi connectivity index (χ1) is 17.0. The number of fused-ring (bicyclic) bond motifs is 1. The maximum Gasteiger partial charge on any atom is 0.240 e. The van der Waals surface area contributed by atoms with Gasteiger partial charge in [0.25, 0.3) is 0 Å². The number of carbonyl (C=O) groups excluding carboxylic acids is 2. The van der Waals surface area contributed by atoms with Crippen LogP contribution in [-0.2, 0) is 27.2 Å². The van der Waals surface area contributed by atoms with Crippen LogP contribution in [0.3, 0.4) is 0 Å². The summed E-state index contributed by atoms with van der Waals surface area (Å²) in [5.41, 5.74) is 3.56. The largest absolute Gasteiger partial charge is 0.378 e. The Hall–Kier alpha value is -1.96. The van der Waals surface area contributed by atoms with Gasteiger partial charge in [-0.2, -0.15) is 0 Å². The molecule has 4 rings (SSSR count). The minimum absolute atomic E-state index is 0.0456. The number of rotatable bonds is 8. The highest BCUT2D eigenvalue weighted by molar-refractivity contribution is 5.92. The van der Waals surface area contributed by atoms with Crippen molar-refractivity contribution < 1.29 is 14.3 Å². The third-order valence-electron chi connectivity index (χ3n) is 7.91. The smallest absolute Gasteiger partial charge is 0.240 e. The number of anilines is 1. The molecule has 0 aromatic heterocycles. The molecule has 2 amide bonds. The van der Waals surface area contributed by atoms with E-state index in [1.54, 1.807) is 0 Å². The van der Waals surface area contributed by atoms with Gasteiger partial charge in [0.15, 0.2) is 0 Å². The van der Waals surface area contributed by atoms with Gasteiger partial charge in [-0.25, -0.2) is 0 Å². The molecule has 1 aromatic rings. The number of amides is 2. The molecule has 35 heavy (non-hydrogen) atoms. The van der Waals surface area contributed by atoms with E-state index in [0.717, 1.165) is 63.8 Å². The Morgan fingerprint density at radius 3 is 2.57 bits per heavy atom. The molecule has 2 unspecified atom stereocenters. The normalized spacial score (nSPS) is 22.2. The van der Waals surface area contributed by atoms with Gasteiger partial charge in [-0.05, 0) is 87.3 Å². The minimum atomic E-state index is -0.0643. The average Bonchev–Trinajstić information content (AvgIpc) is 2.89. The maximum atomic E-state index is 14.0. The Labute approximate surface area is 210 Å². The number of nitrogens with one attached hydrogen (secondary N) is 2. The second-order valence-electron chi connectivity index (χ2n) is 10.7. The topological polar surface area (TPSA) is 73.9 Å². The molecule has 0 bridgehead atoms. The van der Waals surface area contributed by atoms with E-state index in [4.69, 9.17) is 4.74 Å². The molecule has 0 spiro atoms. The summed E-state index contributed by atoms with van der Waals surface area (Å²) in [6.45, 7) is 11.7. The van der Waals surface area contributed by atoms with Crippen molar-refractivity contribution in [3.05, 3.63) is 29.3 Å². The molecule has 0 radical (unpaired) electrons. The van der Waals surface area contributed by atoms with Crippen molar-refractivity contribution in [2.45, 2.75) is 71.4 Å². The van der Waals surface area contributed by atoms with E-state index in [-0.39, 0.29) is 17.9 Å². The van der Waals surface area contributed by atoms with Gasteiger partial charge in [-0.3, -0.25) is 14.5 Å². The van der Waals surface area contributed by atoms with Crippen LogP contribution in [0.2, 0.25) is 0 Å². The fraction of sp³-hybridized carbons (Fsp3) is 0.714. The van der Waals surface area contributed by atoms with E-state index in [1.807, 2.05) is 19.9 Å². The molecule has 2 aliphatic heterocycles. The first-order valence-corrected chi connectivity index (χ1v) is 13.7. The van der Waals surface area contributed by atoms with Crippen molar-refractivity contribution in [1.29, 1.82) is 0 Å². The quantitative estimate of drug-likeness (QED) is 0.593. The van der Waals surface area contributed by atoms with Crippen LogP contribution in [0.25, 0.3) is 0 Å². The first-order valence-electron chi connectivity index (χ1n) is 13.7. The molecule has 1 aromatic carbocycles. The molecule has 2 heterocycles. The van der Waals surface area contributed by atoms with Crippen molar-refractivity contribution in [3.63, 3.8) is 0 Å². The highest BCUT2D eigenvalue weighted by atomic mass is 16.5. The fourth-order valence-corrected chi connectivity index (χ4v) is 5.94. The molecule has 2 N–H and O–H groups in total. The summed E-state index contributed by atoms with van der Waals surface area (Å²) in [4.78, 5) is 30.9. The average molecular weight is 485 g/mol. The van der Waals surface area contributed by atoms with E-state index >= 15 is 0 Å². The molecule has 2 fully saturated rings. The van der Waals surface area contributed by atoms with Crippen LogP contribution < -0.4 is 10.6 Å². The van der Waals surface area contributed by atoms with E-state index < -0.39 is 0 Å². The van der Waals surface area contributed by atoms with Gasteiger partial charge < -0.3 is 20.3 Å². The van der Waals surface area contributed by atoms with Crippen molar-refractivity contribution >= 4 is 17.5 Å². The lowest BCUT2D eigenvalue weighted by molar-refractivity contribution is -0.145. The molecule has 0 saturated carbocycles. The number of benzene rings is 1. The molecule has 3 aliphatic rings. The van der Waals surface area contributed by atoms with Gasteiger partial charge in [0.2, 0.25) is 11.8 Å². The zero-order valence-corrected chi connectivity index (χ0v) is 21.9. The summed E-state index contributed by atoms with van der Waals surface area (Å²) >= 11 is 0. The lowest BCUT2D eigenvalue weighted by Crippen LogP contribution is -2.59. The van der Waals surface area contributed by atoms with E-state index in [0.29, 0.717) is 44.2 Å². The van der Waals surface area contributed by atoms with Gasteiger partial charge in [0.05, 0.1) is 19.3 Å². The first kappa shape index (κ1) is 26.1. The van der Waals surface area contributed by atoms with Crippen LogP contribution in [0.4, 0.5) is 5.69 Å². The number of carbonyl (C=O) groups is 2. The Bertz CT molecular complexity index is 862. The zero-order valence-electron chi connectivity index (χ0n) is 21.9. The van der Waals surface area contributed by atoms with Gasteiger partial charge >= 0.3 is 0 Å². The van der Waals surface area contributed by atoms with Gasteiger partial charge in [0.1, 0.15) is 0 Å². The third-order valence-corrected chi connectivity index (χ3v) is 7.91. The number of aryl methyl sites for hydroxylation is 1. The van der Waals surface area contributed by atoms with Gasteiger partial charge in [-0.15, -0.1) is 0 Å². The predicted octanol–water partition coefficient (Wildman–Crippen LogP) is 3.08. The minimum Gasteiger partial charge on any atom is -0.378 e. The van der Waals surface area contributed by atoms with Crippen molar-refractivity contribution in [2.75, 3.05) is 51.3 Å². The zero-order chi connectivity index (χ0) is 24.8. The monoisotopic (exact) mass is 484 g/mol. The molecule has 2 saturated heterocycles. The Kier molecular flexibility index (Phi) is 9.20. The lowest BCUT2D eigenvalue weighted by Gasteiger charge is -2.45. The van der Waals surface area contributed by atoms with Crippen LogP contribution in [0.1, 0.15) is 57.6 Å². The summed E-state index contributed by atoms with van der Waals surface area (Å²) in [6, 6.07) is 6.64. The highest BCUT2D eigenvalue weighted by Gasteiger charge is 2.40. The number of nitrogens with zero attached hydrogens (tertiary/aromatic N) is 2. The predicted molar refractivity (Wildman–Crippen MR) is 140 cm³/mol. The summed E-state index contributed by atoms with van der Waals surface area (Å²) in [5, 5.41) is 6.55.